The van der Waals surface area contributed by atoms with Crippen molar-refractivity contribution in [3.8, 4) is 0 Å². The van der Waals surface area contributed by atoms with Crippen LogP contribution < -0.4 is 5.32 Å². The quantitative estimate of drug-likeness (QED) is 0.887. The predicted molar refractivity (Wildman–Crippen MR) is 81.0 cm³/mol. The molecule has 1 aromatic heterocycles. The van der Waals surface area contributed by atoms with Gasteiger partial charge in [0.25, 0.3) is 0 Å². The van der Waals surface area contributed by atoms with Crippen LogP contribution in [0.5, 0.6) is 0 Å². The zero-order valence-corrected chi connectivity index (χ0v) is 13.2. The van der Waals surface area contributed by atoms with Gasteiger partial charge in [-0.2, -0.15) is 0 Å². The first kappa shape index (κ1) is 13.7. The average molecular weight is 325 g/mol. The topological polar surface area (TPSA) is 24.9 Å². The van der Waals surface area contributed by atoms with Crippen molar-refractivity contribution in [3.63, 3.8) is 0 Å². The molecular formula is C14H17BrN2S. The molecule has 18 heavy (non-hydrogen) atoms. The molecule has 4 heteroatoms. The summed E-state index contributed by atoms with van der Waals surface area (Å²) >= 11 is 5.21. The van der Waals surface area contributed by atoms with Crippen molar-refractivity contribution in [2.45, 2.75) is 32.9 Å². The third-order valence-electron chi connectivity index (χ3n) is 2.93. The number of aromatic nitrogens is 1. The lowest BCUT2D eigenvalue weighted by molar-refractivity contribution is 0.487. The van der Waals surface area contributed by atoms with Gasteiger partial charge >= 0.3 is 0 Å². The summed E-state index contributed by atoms with van der Waals surface area (Å²) in [5.74, 6) is 0. The van der Waals surface area contributed by atoms with E-state index in [0.29, 0.717) is 6.04 Å². The maximum Gasteiger partial charge on any atom is 0.0898 e. The van der Waals surface area contributed by atoms with Crippen molar-refractivity contribution in [1.29, 1.82) is 0 Å². The fraction of sp³-hybridized carbons (Fsp3) is 0.357. The van der Waals surface area contributed by atoms with Gasteiger partial charge in [0.1, 0.15) is 0 Å². The normalized spacial score (nSPS) is 14.4. The van der Waals surface area contributed by atoms with Crippen molar-refractivity contribution in [2.75, 3.05) is 0 Å². The van der Waals surface area contributed by atoms with Crippen LogP contribution in [0.3, 0.4) is 0 Å². The molecule has 1 unspecified atom stereocenters. The lowest BCUT2D eigenvalue weighted by Crippen LogP contribution is -2.22. The van der Waals surface area contributed by atoms with E-state index in [4.69, 9.17) is 0 Å². The highest BCUT2D eigenvalue weighted by Crippen LogP contribution is 2.22. The number of hydrogen-bond donors (Lipinski definition) is 1. The Hall–Kier alpha value is -0.710. The first-order valence-electron chi connectivity index (χ1n) is 6.00. The van der Waals surface area contributed by atoms with Gasteiger partial charge in [0.2, 0.25) is 0 Å². The molecule has 1 heterocycles. The van der Waals surface area contributed by atoms with Gasteiger partial charge in [-0.05, 0) is 38.5 Å². The minimum Gasteiger partial charge on any atom is -0.302 e. The van der Waals surface area contributed by atoms with Crippen LogP contribution in [0.25, 0.3) is 0 Å². The van der Waals surface area contributed by atoms with Gasteiger partial charge in [-0.15, -0.1) is 11.3 Å². The fourth-order valence-corrected chi connectivity index (χ4v) is 3.03. The Morgan fingerprint density at radius 1 is 1.28 bits per heavy atom. The molecule has 0 radical (unpaired) electrons. The third-order valence-corrected chi connectivity index (χ3v) is 4.21. The molecule has 0 bridgehead atoms. The van der Waals surface area contributed by atoms with Gasteiger partial charge in [-0.3, -0.25) is 0 Å². The number of aryl methyl sites for hydroxylation is 1. The molecule has 2 nitrogen and oxygen atoms in total. The van der Waals surface area contributed by atoms with E-state index >= 15 is 0 Å². The molecule has 2 atom stereocenters. The van der Waals surface area contributed by atoms with Crippen molar-refractivity contribution >= 4 is 27.3 Å². The van der Waals surface area contributed by atoms with Crippen molar-refractivity contribution in [2.24, 2.45) is 0 Å². The van der Waals surface area contributed by atoms with E-state index in [2.05, 4.69) is 63.7 Å². The van der Waals surface area contributed by atoms with E-state index in [9.17, 15) is 0 Å². The van der Waals surface area contributed by atoms with Crippen molar-refractivity contribution in [1.82, 2.24) is 10.3 Å². The molecule has 0 spiro atoms. The Labute approximate surface area is 121 Å². The van der Waals surface area contributed by atoms with Crippen LogP contribution in [0.1, 0.15) is 42.2 Å². The Kier molecular flexibility index (Phi) is 4.54. The van der Waals surface area contributed by atoms with Gasteiger partial charge in [-0.25, -0.2) is 4.98 Å². The van der Waals surface area contributed by atoms with Crippen LogP contribution in [0, 0.1) is 6.92 Å². The second kappa shape index (κ2) is 5.95. The summed E-state index contributed by atoms with van der Waals surface area (Å²) in [6.07, 6.45) is 0. The number of benzene rings is 1. The second-order valence-electron chi connectivity index (χ2n) is 4.46. The Morgan fingerprint density at radius 2 is 2.06 bits per heavy atom. The molecule has 0 aliphatic carbocycles. The summed E-state index contributed by atoms with van der Waals surface area (Å²) in [6, 6.07) is 8.97. The zero-order valence-electron chi connectivity index (χ0n) is 10.8. The molecule has 2 rings (SSSR count). The van der Waals surface area contributed by atoms with Crippen molar-refractivity contribution in [3.05, 3.63) is 50.4 Å². The standard InChI is InChI=1S/C14H17BrN2S/c1-9(12-5-4-6-13(15)7-12)16-10(2)14-8-18-11(3)17-14/h4-10,16H,1-3H3/t9-,10?/m1/s1. The van der Waals surface area contributed by atoms with Crippen LogP contribution in [0.15, 0.2) is 34.1 Å². The average Bonchev–Trinajstić information content (AvgIpc) is 2.76. The van der Waals surface area contributed by atoms with Gasteiger partial charge in [0.05, 0.1) is 10.7 Å². The molecule has 0 saturated heterocycles. The SMILES string of the molecule is Cc1nc(C(C)N[C@H](C)c2cccc(Br)c2)cs1. The molecule has 0 aliphatic heterocycles. The molecule has 0 fully saturated rings. The van der Waals surface area contributed by atoms with E-state index < -0.39 is 0 Å². The maximum absolute atomic E-state index is 4.52. The Morgan fingerprint density at radius 3 is 2.67 bits per heavy atom. The molecule has 1 aromatic carbocycles. The molecule has 2 aromatic rings. The third kappa shape index (κ3) is 3.40. The Balaban J connectivity index is 2.05. The summed E-state index contributed by atoms with van der Waals surface area (Å²) in [5.41, 5.74) is 2.41. The van der Waals surface area contributed by atoms with E-state index in [0.717, 1.165) is 15.2 Å². The minimum atomic E-state index is 0.268. The fourth-order valence-electron chi connectivity index (χ4n) is 1.91. The molecule has 0 aliphatic rings. The second-order valence-corrected chi connectivity index (χ2v) is 6.43. The number of hydrogen-bond acceptors (Lipinski definition) is 3. The van der Waals surface area contributed by atoms with Gasteiger partial charge in [-0.1, -0.05) is 28.1 Å². The number of thiazole rings is 1. The monoisotopic (exact) mass is 324 g/mol. The number of nitrogens with one attached hydrogen (secondary N) is 1. The van der Waals surface area contributed by atoms with Gasteiger partial charge in [0, 0.05) is 21.9 Å². The van der Waals surface area contributed by atoms with Crippen LogP contribution in [-0.2, 0) is 0 Å². The Bertz CT molecular complexity index is 524. The molecule has 96 valence electrons. The summed E-state index contributed by atoms with van der Waals surface area (Å²) in [6.45, 7) is 6.37. The predicted octanol–water partition coefficient (Wildman–Crippen LogP) is 4.63. The van der Waals surface area contributed by atoms with Crippen LogP contribution >= 0.6 is 27.3 Å². The summed E-state index contributed by atoms with van der Waals surface area (Å²) in [5, 5.41) is 6.82. The van der Waals surface area contributed by atoms with Crippen LogP contribution in [0.4, 0.5) is 0 Å². The van der Waals surface area contributed by atoms with E-state index in [1.165, 1.54) is 5.56 Å². The van der Waals surface area contributed by atoms with E-state index in [1.807, 2.05) is 13.0 Å². The molecule has 0 saturated carbocycles. The summed E-state index contributed by atoms with van der Waals surface area (Å²) in [4.78, 5) is 4.52. The lowest BCUT2D eigenvalue weighted by Gasteiger charge is -2.19. The summed E-state index contributed by atoms with van der Waals surface area (Å²) in [7, 11) is 0. The highest BCUT2D eigenvalue weighted by molar-refractivity contribution is 9.10. The number of halogens is 1. The number of nitrogens with zero attached hydrogens (tertiary/aromatic N) is 1. The lowest BCUT2D eigenvalue weighted by atomic mass is 10.1. The van der Waals surface area contributed by atoms with Crippen LogP contribution in [-0.4, -0.2) is 4.98 Å². The number of rotatable bonds is 4. The molecular weight excluding hydrogens is 308 g/mol. The van der Waals surface area contributed by atoms with E-state index in [1.54, 1.807) is 11.3 Å². The minimum absolute atomic E-state index is 0.268. The highest BCUT2D eigenvalue weighted by Gasteiger charge is 2.13. The van der Waals surface area contributed by atoms with E-state index in [-0.39, 0.29) is 6.04 Å². The maximum atomic E-state index is 4.52. The zero-order chi connectivity index (χ0) is 13.1. The highest BCUT2D eigenvalue weighted by atomic mass is 79.9. The molecule has 1 N–H and O–H groups in total. The largest absolute Gasteiger partial charge is 0.302 e. The first-order valence-corrected chi connectivity index (χ1v) is 7.67. The van der Waals surface area contributed by atoms with Gasteiger partial charge < -0.3 is 5.32 Å². The first-order chi connectivity index (χ1) is 8.56. The van der Waals surface area contributed by atoms with Crippen LogP contribution in [0.2, 0.25) is 0 Å². The molecule has 0 amide bonds. The van der Waals surface area contributed by atoms with Crippen molar-refractivity contribution < 1.29 is 0 Å². The smallest absolute Gasteiger partial charge is 0.0898 e. The summed E-state index contributed by atoms with van der Waals surface area (Å²) < 4.78 is 1.12. The van der Waals surface area contributed by atoms with Gasteiger partial charge in [0.15, 0.2) is 0 Å².